The van der Waals surface area contributed by atoms with Crippen LogP contribution in [0.5, 0.6) is 5.75 Å². The van der Waals surface area contributed by atoms with Gasteiger partial charge in [-0.05, 0) is 31.2 Å². The molecule has 0 fully saturated rings. The smallest absolute Gasteiger partial charge is 0.329 e. The van der Waals surface area contributed by atoms with Crippen molar-refractivity contribution in [3.8, 4) is 5.75 Å². The van der Waals surface area contributed by atoms with Crippen LogP contribution < -0.4 is 10.1 Å². The molecule has 2 heterocycles. The molecule has 1 atom stereocenters. The third-order valence-electron chi connectivity index (χ3n) is 3.99. The number of halogens is 1. The first kappa shape index (κ1) is 19.0. The Balaban J connectivity index is 1.93. The van der Waals surface area contributed by atoms with E-state index in [-0.39, 0.29) is 23.6 Å². The van der Waals surface area contributed by atoms with Crippen LogP contribution >= 0.6 is 11.6 Å². The first-order valence-electron chi connectivity index (χ1n) is 8.62. The molecule has 0 spiro atoms. The molecule has 1 aliphatic heterocycles. The highest BCUT2D eigenvalue weighted by molar-refractivity contribution is 6.34. The van der Waals surface area contributed by atoms with Gasteiger partial charge < -0.3 is 19.4 Å². The van der Waals surface area contributed by atoms with E-state index >= 15 is 0 Å². The molecule has 1 aromatic heterocycles. The molecule has 1 amide bonds. The lowest BCUT2D eigenvalue weighted by atomic mass is 10.1. The van der Waals surface area contributed by atoms with Gasteiger partial charge in [0, 0.05) is 19.2 Å². The summed E-state index contributed by atoms with van der Waals surface area (Å²) in [6, 6.07) is 3.96. The fourth-order valence-corrected chi connectivity index (χ4v) is 2.87. The Morgan fingerprint density at radius 1 is 1.44 bits per heavy atom. The van der Waals surface area contributed by atoms with Gasteiger partial charge in [0.2, 0.25) is 0 Å². The van der Waals surface area contributed by atoms with Crippen molar-refractivity contribution in [1.29, 1.82) is 0 Å². The molecule has 1 aliphatic rings. The number of ether oxygens (including phenoxy) is 2. The van der Waals surface area contributed by atoms with Gasteiger partial charge >= 0.3 is 5.97 Å². The van der Waals surface area contributed by atoms with E-state index in [1.165, 1.54) is 0 Å². The average molecular weight is 390 g/mol. The van der Waals surface area contributed by atoms with Gasteiger partial charge in [-0.15, -0.1) is 0 Å². The van der Waals surface area contributed by atoms with Crippen LogP contribution in [0.4, 0.5) is 0 Å². The summed E-state index contributed by atoms with van der Waals surface area (Å²) in [7, 11) is 0. The van der Waals surface area contributed by atoms with Crippen molar-refractivity contribution in [2.75, 3.05) is 13.2 Å². The van der Waals surface area contributed by atoms with Crippen LogP contribution in [-0.2, 0) is 22.5 Å². The molecule has 2 aromatic rings. The number of aromatic nitrogens is 2. The summed E-state index contributed by atoms with van der Waals surface area (Å²) in [4.78, 5) is 29.3. The molecule has 0 unspecified atom stereocenters. The maximum Gasteiger partial charge on any atom is 0.329 e. The van der Waals surface area contributed by atoms with E-state index in [1.807, 2.05) is 22.9 Å². The van der Waals surface area contributed by atoms with Crippen molar-refractivity contribution >= 4 is 23.5 Å². The number of allylic oxidation sites excluding steroid dienone is 1. The van der Waals surface area contributed by atoms with Crippen molar-refractivity contribution in [3.63, 3.8) is 0 Å². The van der Waals surface area contributed by atoms with Crippen molar-refractivity contribution < 1.29 is 19.1 Å². The topological polar surface area (TPSA) is 82.5 Å². The predicted molar refractivity (Wildman–Crippen MR) is 99.9 cm³/mol. The number of esters is 1. The minimum absolute atomic E-state index is 0.217. The molecular weight excluding hydrogens is 370 g/mol. The quantitative estimate of drug-likeness (QED) is 0.630. The maximum atomic E-state index is 12.7. The van der Waals surface area contributed by atoms with Gasteiger partial charge in [-0.2, -0.15) is 0 Å². The lowest BCUT2D eigenvalue weighted by Crippen LogP contribution is -2.43. The van der Waals surface area contributed by atoms with Gasteiger partial charge in [-0.3, -0.25) is 4.79 Å². The van der Waals surface area contributed by atoms with Crippen LogP contribution in [0.3, 0.4) is 0 Å². The molecule has 0 saturated heterocycles. The van der Waals surface area contributed by atoms with Crippen LogP contribution in [0.25, 0.3) is 0 Å². The van der Waals surface area contributed by atoms with Gasteiger partial charge in [-0.1, -0.05) is 17.7 Å². The SMILES string of the molecule is CCOC(=O)[C@@H]1Cc2cn(cn2)C/C=C/COc2ccc(Cl)c(c2)C(=O)N1. The second kappa shape index (κ2) is 8.73. The Morgan fingerprint density at radius 3 is 3.11 bits per heavy atom. The third kappa shape index (κ3) is 4.89. The van der Waals surface area contributed by atoms with Crippen molar-refractivity contribution in [2.45, 2.75) is 25.9 Å². The van der Waals surface area contributed by atoms with E-state index in [0.717, 1.165) is 0 Å². The molecule has 142 valence electrons. The molecule has 4 bridgehead atoms. The zero-order valence-corrected chi connectivity index (χ0v) is 15.6. The number of fused-ring (bicyclic) bond motifs is 4. The average Bonchev–Trinajstić information content (AvgIpc) is 3.08. The van der Waals surface area contributed by atoms with E-state index in [2.05, 4.69) is 10.3 Å². The lowest BCUT2D eigenvalue weighted by molar-refractivity contribution is -0.145. The monoisotopic (exact) mass is 389 g/mol. The Labute approximate surface area is 161 Å². The standard InChI is InChI=1S/C19H20ClN3O4/c1-2-26-19(25)17-9-13-11-23(12-21-13)7-3-4-8-27-14-5-6-16(20)15(10-14)18(24)22-17/h3-6,10-12,17H,2,7-9H2,1H3,(H,22,24)/b4-3+/t17-/m0/s1. The van der Waals surface area contributed by atoms with E-state index in [4.69, 9.17) is 21.1 Å². The number of benzene rings is 1. The fourth-order valence-electron chi connectivity index (χ4n) is 2.67. The largest absolute Gasteiger partial charge is 0.490 e. The minimum atomic E-state index is -0.873. The van der Waals surface area contributed by atoms with Crippen molar-refractivity contribution in [3.05, 3.63) is 59.2 Å². The Kier molecular flexibility index (Phi) is 6.13. The fraction of sp³-hybridized carbons (Fsp3) is 0.316. The summed E-state index contributed by atoms with van der Waals surface area (Å²) < 4.78 is 12.6. The molecule has 27 heavy (non-hydrogen) atoms. The van der Waals surface area contributed by atoms with Crippen LogP contribution in [0.2, 0.25) is 5.02 Å². The Hall–Kier alpha value is -2.80. The van der Waals surface area contributed by atoms with Crippen LogP contribution in [0, 0.1) is 0 Å². The zero-order valence-electron chi connectivity index (χ0n) is 14.9. The highest BCUT2D eigenvalue weighted by Gasteiger charge is 2.25. The van der Waals surface area contributed by atoms with E-state index in [0.29, 0.717) is 24.6 Å². The number of rotatable bonds is 2. The summed E-state index contributed by atoms with van der Waals surface area (Å²) in [6.45, 7) is 2.91. The van der Waals surface area contributed by atoms with Crippen LogP contribution in [0.1, 0.15) is 23.0 Å². The van der Waals surface area contributed by atoms with Gasteiger partial charge in [0.1, 0.15) is 18.4 Å². The Morgan fingerprint density at radius 2 is 2.30 bits per heavy atom. The summed E-state index contributed by atoms with van der Waals surface area (Å²) in [5.41, 5.74) is 0.903. The van der Waals surface area contributed by atoms with E-state index < -0.39 is 17.9 Å². The molecule has 3 rings (SSSR count). The van der Waals surface area contributed by atoms with E-state index in [1.54, 1.807) is 31.5 Å². The van der Waals surface area contributed by atoms with Crippen LogP contribution in [-0.4, -0.2) is 40.7 Å². The van der Waals surface area contributed by atoms with Gasteiger partial charge in [-0.25, -0.2) is 9.78 Å². The first-order valence-corrected chi connectivity index (χ1v) is 9.00. The predicted octanol–water partition coefficient (Wildman–Crippen LogP) is 2.39. The zero-order chi connectivity index (χ0) is 19.2. The number of carbonyl (C=O) groups excluding carboxylic acids is 2. The van der Waals surface area contributed by atoms with Gasteiger partial charge in [0.15, 0.2) is 0 Å². The molecule has 7 nitrogen and oxygen atoms in total. The third-order valence-corrected chi connectivity index (χ3v) is 4.32. The molecular formula is C19H20ClN3O4. The van der Waals surface area contributed by atoms with Crippen molar-refractivity contribution in [1.82, 2.24) is 14.9 Å². The second-order valence-electron chi connectivity index (χ2n) is 5.97. The second-order valence-corrected chi connectivity index (χ2v) is 6.38. The molecule has 8 heteroatoms. The summed E-state index contributed by atoms with van der Waals surface area (Å²) >= 11 is 6.17. The summed E-state index contributed by atoms with van der Waals surface area (Å²) in [5.74, 6) is -0.484. The van der Waals surface area contributed by atoms with Crippen molar-refractivity contribution in [2.24, 2.45) is 0 Å². The molecule has 0 radical (unpaired) electrons. The molecule has 1 aromatic carbocycles. The van der Waals surface area contributed by atoms with Gasteiger partial charge in [0.05, 0.1) is 29.2 Å². The normalized spacial score (nSPS) is 18.4. The number of carbonyl (C=O) groups is 2. The molecule has 1 N–H and O–H groups in total. The highest BCUT2D eigenvalue weighted by Crippen LogP contribution is 2.22. The Bertz CT molecular complexity index is 862. The van der Waals surface area contributed by atoms with E-state index in [9.17, 15) is 9.59 Å². The maximum absolute atomic E-state index is 12.7. The van der Waals surface area contributed by atoms with Crippen LogP contribution in [0.15, 0.2) is 42.9 Å². The summed E-state index contributed by atoms with van der Waals surface area (Å²) in [6.07, 6.45) is 7.56. The number of hydrogen-bond acceptors (Lipinski definition) is 5. The minimum Gasteiger partial charge on any atom is -0.490 e. The number of imidazole rings is 1. The number of nitrogens with zero attached hydrogens (tertiary/aromatic N) is 2. The highest BCUT2D eigenvalue weighted by atomic mass is 35.5. The first-order chi connectivity index (χ1) is 13.1. The number of hydrogen-bond donors (Lipinski definition) is 1. The molecule has 0 saturated carbocycles. The van der Waals surface area contributed by atoms with Gasteiger partial charge in [0.25, 0.3) is 5.91 Å². The lowest BCUT2D eigenvalue weighted by Gasteiger charge is -2.17. The number of amides is 1. The number of nitrogens with one attached hydrogen (secondary N) is 1. The summed E-state index contributed by atoms with van der Waals surface area (Å²) in [5, 5.41) is 2.97. The molecule has 0 aliphatic carbocycles.